The largest absolute Gasteiger partial charge is 0.397 e. The van der Waals surface area contributed by atoms with E-state index in [-0.39, 0.29) is 0 Å². The van der Waals surface area contributed by atoms with Gasteiger partial charge in [-0.05, 0) is 30.2 Å². The quantitative estimate of drug-likeness (QED) is 0.826. The van der Waals surface area contributed by atoms with E-state index >= 15 is 0 Å². The first kappa shape index (κ1) is 12.2. The molecule has 2 nitrogen and oxygen atoms in total. The van der Waals surface area contributed by atoms with Crippen LogP contribution < -0.4 is 10.6 Å². The maximum absolute atomic E-state index is 6.06. The standard InChI is InChI=1S/C16H18N2/c1-12-9-10-16(15(17)11-12)18(3)13(2)14-7-5-4-6-8-14/h4-11H,2,17H2,1,3H3. The van der Waals surface area contributed by atoms with Gasteiger partial charge in [-0.1, -0.05) is 43.0 Å². The molecule has 0 aromatic heterocycles. The van der Waals surface area contributed by atoms with Gasteiger partial charge >= 0.3 is 0 Å². The molecule has 0 unspecified atom stereocenters. The summed E-state index contributed by atoms with van der Waals surface area (Å²) < 4.78 is 0. The number of nitrogen functional groups attached to an aromatic ring is 1. The van der Waals surface area contributed by atoms with E-state index in [2.05, 4.69) is 12.6 Å². The number of anilines is 2. The van der Waals surface area contributed by atoms with Crippen molar-refractivity contribution >= 4 is 17.1 Å². The van der Waals surface area contributed by atoms with Crippen molar-refractivity contribution in [1.29, 1.82) is 0 Å². The Balaban J connectivity index is 2.31. The Morgan fingerprint density at radius 2 is 1.78 bits per heavy atom. The third-order valence-corrected chi connectivity index (χ3v) is 3.06. The van der Waals surface area contributed by atoms with Crippen LogP contribution >= 0.6 is 0 Å². The number of aryl methyl sites for hydroxylation is 1. The summed E-state index contributed by atoms with van der Waals surface area (Å²) >= 11 is 0. The second-order valence-electron chi connectivity index (χ2n) is 4.43. The fourth-order valence-corrected chi connectivity index (χ4v) is 1.95. The van der Waals surface area contributed by atoms with Crippen LogP contribution in [0.3, 0.4) is 0 Å². The van der Waals surface area contributed by atoms with E-state index in [1.54, 1.807) is 0 Å². The molecule has 0 aliphatic rings. The summed E-state index contributed by atoms with van der Waals surface area (Å²) in [6.45, 7) is 6.17. The van der Waals surface area contributed by atoms with Gasteiger partial charge in [-0.15, -0.1) is 0 Å². The Labute approximate surface area is 108 Å². The molecule has 0 amide bonds. The highest BCUT2D eigenvalue weighted by Crippen LogP contribution is 2.28. The lowest BCUT2D eigenvalue weighted by Crippen LogP contribution is -2.16. The lowest BCUT2D eigenvalue weighted by molar-refractivity contribution is 1.22. The Hall–Kier alpha value is -2.22. The van der Waals surface area contributed by atoms with Gasteiger partial charge in [0.05, 0.1) is 11.4 Å². The summed E-state index contributed by atoms with van der Waals surface area (Å²) in [7, 11) is 1.98. The SMILES string of the molecule is C=C(c1ccccc1)N(C)c1ccc(C)cc1N. The minimum absolute atomic E-state index is 0.773. The molecule has 0 radical (unpaired) electrons. The third kappa shape index (κ3) is 2.38. The molecule has 0 saturated carbocycles. The highest BCUT2D eigenvalue weighted by atomic mass is 15.1. The molecule has 0 aliphatic heterocycles. The molecule has 2 rings (SSSR count). The van der Waals surface area contributed by atoms with Crippen LogP contribution in [-0.4, -0.2) is 7.05 Å². The molecule has 2 N–H and O–H groups in total. The predicted molar refractivity (Wildman–Crippen MR) is 79.5 cm³/mol. The number of hydrogen-bond donors (Lipinski definition) is 1. The molecule has 18 heavy (non-hydrogen) atoms. The van der Waals surface area contributed by atoms with Crippen LogP contribution in [-0.2, 0) is 0 Å². The Morgan fingerprint density at radius 1 is 1.11 bits per heavy atom. The molecule has 2 aromatic rings. The molecule has 2 heteroatoms. The molecule has 0 atom stereocenters. The predicted octanol–water partition coefficient (Wildman–Crippen LogP) is 3.68. The Bertz CT molecular complexity index is 559. The van der Waals surface area contributed by atoms with Crippen molar-refractivity contribution in [2.24, 2.45) is 0 Å². The first-order valence-electron chi connectivity index (χ1n) is 5.94. The van der Waals surface area contributed by atoms with Gasteiger partial charge < -0.3 is 10.6 Å². The van der Waals surface area contributed by atoms with E-state index in [1.807, 2.05) is 61.3 Å². The molecular formula is C16H18N2. The summed E-state index contributed by atoms with van der Waals surface area (Å²) in [6.07, 6.45) is 0. The summed E-state index contributed by atoms with van der Waals surface area (Å²) in [4.78, 5) is 2.02. The van der Waals surface area contributed by atoms with E-state index in [9.17, 15) is 0 Å². The minimum atomic E-state index is 0.773. The van der Waals surface area contributed by atoms with E-state index < -0.39 is 0 Å². The monoisotopic (exact) mass is 238 g/mol. The van der Waals surface area contributed by atoms with Crippen LogP contribution in [0.15, 0.2) is 55.1 Å². The topological polar surface area (TPSA) is 29.3 Å². The van der Waals surface area contributed by atoms with Crippen molar-refractivity contribution in [1.82, 2.24) is 0 Å². The summed E-state index contributed by atoms with van der Waals surface area (Å²) in [5.41, 5.74) is 11.0. The number of nitrogens with zero attached hydrogens (tertiary/aromatic N) is 1. The fraction of sp³-hybridized carbons (Fsp3) is 0.125. The average Bonchev–Trinajstić information content (AvgIpc) is 2.38. The van der Waals surface area contributed by atoms with Crippen LogP contribution in [0.5, 0.6) is 0 Å². The Kier molecular flexibility index (Phi) is 3.38. The van der Waals surface area contributed by atoms with Crippen LogP contribution in [0.25, 0.3) is 5.70 Å². The van der Waals surface area contributed by atoms with Gasteiger partial charge in [-0.3, -0.25) is 0 Å². The lowest BCUT2D eigenvalue weighted by Gasteiger charge is -2.23. The number of hydrogen-bond acceptors (Lipinski definition) is 2. The van der Waals surface area contributed by atoms with Crippen molar-refractivity contribution in [2.75, 3.05) is 17.7 Å². The van der Waals surface area contributed by atoms with Crippen molar-refractivity contribution in [3.05, 3.63) is 66.2 Å². The zero-order chi connectivity index (χ0) is 13.1. The number of nitrogens with two attached hydrogens (primary N) is 1. The van der Waals surface area contributed by atoms with Crippen molar-refractivity contribution < 1.29 is 0 Å². The van der Waals surface area contributed by atoms with Gasteiger partial charge in [-0.25, -0.2) is 0 Å². The van der Waals surface area contributed by atoms with Crippen LogP contribution in [0.2, 0.25) is 0 Å². The van der Waals surface area contributed by atoms with Gasteiger partial charge in [-0.2, -0.15) is 0 Å². The maximum atomic E-state index is 6.06. The van der Waals surface area contributed by atoms with Gasteiger partial charge in [0, 0.05) is 12.7 Å². The van der Waals surface area contributed by atoms with Crippen molar-refractivity contribution in [2.45, 2.75) is 6.92 Å². The summed E-state index contributed by atoms with van der Waals surface area (Å²) in [5.74, 6) is 0. The van der Waals surface area contributed by atoms with Crippen molar-refractivity contribution in [3.8, 4) is 0 Å². The highest BCUT2D eigenvalue weighted by Gasteiger charge is 2.09. The molecule has 0 saturated heterocycles. The zero-order valence-corrected chi connectivity index (χ0v) is 10.9. The second kappa shape index (κ2) is 4.96. The van der Waals surface area contributed by atoms with Crippen LogP contribution in [0.1, 0.15) is 11.1 Å². The summed E-state index contributed by atoms with van der Waals surface area (Å²) in [6, 6.07) is 16.2. The van der Waals surface area contributed by atoms with Gasteiger partial charge in [0.2, 0.25) is 0 Å². The van der Waals surface area contributed by atoms with Gasteiger partial charge in [0.25, 0.3) is 0 Å². The van der Waals surface area contributed by atoms with Crippen LogP contribution in [0.4, 0.5) is 11.4 Å². The molecule has 2 aromatic carbocycles. The first-order chi connectivity index (χ1) is 8.59. The van der Waals surface area contributed by atoms with Gasteiger partial charge in [0.15, 0.2) is 0 Å². The molecule has 0 spiro atoms. The fourth-order valence-electron chi connectivity index (χ4n) is 1.95. The third-order valence-electron chi connectivity index (χ3n) is 3.06. The second-order valence-corrected chi connectivity index (χ2v) is 4.43. The van der Waals surface area contributed by atoms with E-state index in [0.29, 0.717) is 0 Å². The van der Waals surface area contributed by atoms with Gasteiger partial charge in [0.1, 0.15) is 0 Å². The molecule has 0 heterocycles. The minimum Gasteiger partial charge on any atom is -0.397 e. The Morgan fingerprint density at radius 3 is 2.39 bits per heavy atom. The first-order valence-corrected chi connectivity index (χ1v) is 5.94. The summed E-state index contributed by atoms with van der Waals surface area (Å²) in [5, 5.41) is 0. The molecule has 92 valence electrons. The average molecular weight is 238 g/mol. The number of rotatable bonds is 3. The highest BCUT2D eigenvalue weighted by molar-refractivity contribution is 5.83. The van der Waals surface area contributed by atoms with Crippen LogP contribution in [0, 0.1) is 6.92 Å². The lowest BCUT2D eigenvalue weighted by atomic mass is 10.1. The molecule has 0 fully saturated rings. The maximum Gasteiger partial charge on any atom is 0.0641 e. The smallest absolute Gasteiger partial charge is 0.0641 e. The molecular weight excluding hydrogens is 220 g/mol. The zero-order valence-electron chi connectivity index (χ0n) is 10.9. The van der Waals surface area contributed by atoms with E-state index in [4.69, 9.17) is 5.73 Å². The number of benzene rings is 2. The normalized spacial score (nSPS) is 10.1. The van der Waals surface area contributed by atoms with E-state index in [1.165, 1.54) is 0 Å². The van der Waals surface area contributed by atoms with Crippen molar-refractivity contribution in [3.63, 3.8) is 0 Å². The molecule has 0 aliphatic carbocycles. The molecule has 0 bridgehead atoms. The van der Waals surface area contributed by atoms with E-state index in [0.717, 1.165) is 28.2 Å².